The van der Waals surface area contributed by atoms with Gasteiger partial charge in [-0.05, 0) is 87.4 Å². The van der Waals surface area contributed by atoms with E-state index in [9.17, 15) is 0 Å². The van der Waals surface area contributed by atoms with Gasteiger partial charge in [-0.2, -0.15) is 0 Å². The second-order valence-corrected chi connectivity index (χ2v) is 14.1. The van der Waals surface area contributed by atoms with Gasteiger partial charge in [0.1, 0.15) is 0 Å². The first kappa shape index (κ1) is 27.3. The molecule has 0 fully saturated rings. The first-order valence-corrected chi connectivity index (χ1v) is 14.5. The van der Waals surface area contributed by atoms with E-state index in [1.54, 1.807) is 0 Å². The number of fused-ring (bicyclic) bond motifs is 3. The summed E-state index contributed by atoms with van der Waals surface area (Å²) in [6.07, 6.45) is 0. The summed E-state index contributed by atoms with van der Waals surface area (Å²) in [4.78, 5) is 2.62. The third-order valence-electron chi connectivity index (χ3n) is 8.42. The zero-order valence-corrected chi connectivity index (χ0v) is 25.6. The third kappa shape index (κ3) is 4.61. The van der Waals surface area contributed by atoms with E-state index in [4.69, 9.17) is 0 Å². The van der Waals surface area contributed by atoms with Gasteiger partial charge in [0.15, 0.2) is 0 Å². The lowest BCUT2D eigenvalue weighted by atomic mass is 9.78. The first-order valence-electron chi connectivity index (χ1n) is 14.5. The zero-order valence-electron chi connectivity index (χ0n) is 25.6. The van der Waals surface area contributed by atoms with Crippen LogP contribution in [-0.4, -0.2) is 6.04 Å². The maximum absolute atomic E-state index is 2.62. The summed E-state index contributed by atoms with van der Waals surface area (Å²) in [5, 5.41) is 0. The van der Waals surface area contributed by atoms with E-state index < -0.39 is 0 Å². The van der Waals surface area contributed by atoms with E-state index >= 15 is 0 Å². The van der Waals surface area contributed by atoms with Crippen LogP contribution in [0.5, 0.6) is 0 Å². The van der Waals surface area contributed by atoms with Gasteiger partial charge in [0.2, 0.25) is 0 Å². The largest absolute Gasteiger partial charge is 0.338 e. The van der Waals surface area contributed by atoms with Gasteiger partial charge in [-0.1, -0.05) is 122 Å². The number of hydrogen-bond acceptors (Lipinski definition) is 1. The lowest BCUT2D eigenvalue weighted by molar-refractivity contribution is 0.579. The van der Waals surface area contributed by atoms with Gasteiger partial charge in [0, 0.05) is 22.8 Å². The molecule has 0 atom stereocenters. The second kappa shape index (κ2) is 9.40. The fraction of sp³-hybridized carbons (Fsp3) is 0.368. The van der Waals surface area contributed by atoms with Crippen molar-refractivity contribution >= 4 is 11.4 Å². The Balaban J connectivity index is 1.83. The predicted octanol–water partition coefficient (Wildman–Crippen LogP) is 10.8. The Hall–Kier alpha value is -3.32. The van der Waals surface area contributed by atoms with Crippen molar-refractivity contribution < 1.29 is 0 Å². The fourth-order valence-corrected chi connectivity index (χ4v) is 6.61. The zero-order chi connectivity index (χ0) is 28.3. The molecular weight excluding hydrogens is 470 g/mol. The minimum Gasteiger partial charge on any atom is -0.338 e. The van der Waals surface area contributed by atoms with Gasteiger partial charge < -0.3 is 4.90 Å². The van der Waals surface area contributed by atoms with Gasteiger partial charge in [-0.3, -0.25) is 0 Å². The van der Waals surface area contributed by atoms with Crippen molar-refractivity contribution in [2.75, 3.05) is 4.90 Å². The fourth-order valence-electron chi connectivity index (χ4n) is 6.61. The van der Waals surface area contributed by atoms with Crippen LogP contribution in [0, 0.1) is 0 Å². The molecule has 0 heterocycles. The van der Waals surface area contributed by atoms with Crippen molar-refractivity contribution in [3.8, 4) is 22.3 Å². The van der Waals surface area contributed by atoms with Crippen molar-refractivity contribution in [1.82, 2.24) is 0 Å². The molecule has 1 aliphatic carbocycles. The van der Waals surface area contributed by atoms with Gasteiger partial charge in [0.05, 0.1) is 0 Å². The number of benzene rings is 4. The summed E-state index contributed by atoms with van der Waals surface area (Å²) in [6, 6.07) is 32.0. The Morgan fingerprint density at radius 3 is 1.82 bits per heavy atom. The summed E-state index contributed by atoms with van der Waals surface area (Å²) < 4.78 is 0. The van der Waals surface area contributed by atoms with Crippen molar-refractivity contribution in [2.24, 2.45) is 0 Å². The van der Waals surface area contributed by atoms with E-state index in [0.717, 1.165) is 0 Å². The Labute approximate surface area is 236 Å². The van der Waals surface area contributed by atoms with E-state index in [-0.39, 0.29) is 22.3 Å². The molecule has 0 bridgehead atoms. The second-order valence-electron chi connectivity index (χ2n) is 14.1. The quantitative estimate of drug-likeness (QED) is 0.261. The molecule has 202 valence electrons. The maximum Gasteiger partial charge on any atom is 0.0457 e. The van der Waals surface area contributed by atoms with E-state index in [1.807, 2.05) is 0 Å². The molecule has 0 unspecified atom stereocenters. The topological polar surface area (TPSA) is 3.24 Å². The molecule has 0 aliphatic heterocycles. The summed E-state index contributed by atoms with van der Waals surface area (Å²) in [5.41, 5.74) is 13.5. The van der Waals surface area contributed by atoms with Crippen LogP contribution < -0.4 is 4.90 Å². The normalized spacial score (nSPS) is 14.3. The lowest BCUT2D eigenvalue weighted by Gasteiger charge is -2.39. The van der Waals surface area contributed by atoms with Crippen molar-refractivity contribution in [3.05, 3.63) is 107 Å². The standard InChI is InChI=1S/C38H45N/c1-25(2)39(33-22-16-20-27(35(33)37(6,7)8)26-17-12-11-13-18-26)34-24-31-29(23-32(34)36(3,4)5)28-19-14-15-21-30(28)38(31,9)10/h11-25H,1-10H3. The molecule has 4 aromatic carbocycles. The van der Waals surface area contributed by atoms with Crippen LogP contribution in [0.4, 0.5) is 11.4 Å². The average molecular weight is 516 g/mol. The molecule has 0 aromatic heterocycles. The number of hydrogen-bond donors (Lipinski definition) is 0. The van der Waals surface area contributed by atoms with Gasteiger partial charge in [-0.15, -0.1) is 0 Å². The highest BCUT2D eigenvalue weighted by Gasteiger charge is 2.38. The van der Waals surface area contributed by atoms with Crippen LogP contribution in [0.15, 0.2) is 84.9 Å². The minimum absolute atomic E-state index is 0.0158. The lowest BCUT2D eigenvalue weighted by Crippen LogP contribution is -2.32. The molecule has 1 heteroatoms. The van der Waals surface area contributed by atoms with Crippen molar-refractivity contribution in [1.29, 1.82) is 0 Å². The van der Waals surface area contributed by atoms with Gasteiger partial charge in [-0.25, -0.2) is 0 Å². The summed E-state index contributed by atoms with van der Waals surface area (Å²) in [6.45, 7) is 23.6. The van der Waals surface area contributed by atoms with Crippen LogP contribution in [0.2, 0.25) is 0 Å². The predicted molar refractivity (Wildman–Crippen MR) is 171 cm³/mol. The highest BCUT2D eigenvalue weighted by molar-refractivity contribution is 5.87. The highest BCUT2D eigenvalue weighted by atomic mass is 15.2. The minimum atomic E-state index is -0.0432. The molecular formula is C38H45N. The Morgan fingerprint density at radius 1 is 0.590 bits per heavy atom. The molecule has 0 amide bonds. The van der Waals surface area contributed by atoms with Crippen LogP contribution in [-0.2, 0) is 16.2 Å². The SMILES string of the molecule is CC(C)N(c1cc2c(cc1C(C)(C)C)-c1ccccc1C2(C)C)c1cccc(-c2ccccc2)c1C(C)(C)C. The summed E-state index contributed by atoms with van der Waals surface area (Å²) >= 11 is 0. The molecule has 0 spiro atoms. The van der Waals surface area contributed by atoms with E-state index in [1.165, 1.54) is 55.9 Å². The van der Waals surface area contributed by atoms with Gasteiger partial charge >= 0.3 is 0 Å². The monoisotopic (exact) mass is 515 g/mol. The first-order chi connectivity index (χ1) is 18.2. The van der Waals surface area contributed by atoms with Crippen LogP contribution in [0.3, 0.4) is 0 Å². The molecule has 0 radical (unpaired) electrons. The summed E-state index contributed by atoms with van der Waals surface area (Å²) in [7, 11) is 0. The van der Waals surface area contributed by atoms with E-state index in [0.29, 0.717) is 0 Å². The smallest absolute Gasteiger partial charge is 0.0457 e. The number of rotatable bonds is 4. The molecule has 0 saturated carbocycles. The maximum atomic E-state index is 2.62. The van der Waals surface area contributed by atoms with Crippen LogP contribution in [0.1, 0.15) is 91.5 Å². The molecule has 1 aliphatic rings. The van der Waals surface area contributed by atoms with Crippen LogP contribution >= 0.6 is 0 Å². The Bertz CT molecular complexity index is 1510. The molecule has 0 N–H and O–H groups in total. The van der Waals surface area contributed by atoms with Crippen molar-refractivity contribution in [3.63, 3.8) is 0 Å². The molecule has 1 nitrogen and oxygen atoms in total. The Kier molecular flexibility index (Phi) is 6.57. The highest BCUT2D eigenvalue weighted by Crippen LogP contribution is 2.53. The molecule has 39 heavy (non-hydrogen) atoms. The number of anilines is 2. The van der Waals surface area contributed by atoms with Crippen molar-refractivity contribution in [2.45, 2.75) is 91.5 Å². The summed E-state index contributed by atoms with van der Waals surface area (Å²) in [5.74, 6) is 0. The Morgan fingerprint density at radius 2 is 1.21 bits per heavy atom. The molecule has 0 saturated heterocycles. The third-order valence-corrected chi connectivity index (χ3v) is 8.42. The number of nitrogens with zero attached hydrogens (tertiary/aromatic N) is 1. The molecule has 5 rings (SSSR count). The van der Waals surface area contributed by atoms with Gasteiger partial charge in [0.25, 0.3) is 0 Å². The van der Waals surface area contributed by atoms with Crippen LogP contribution in [0.25, 0.3) is 22.3 Å². The molecule has 4 aromatic rings. The van der Waals surface area contributed by atoms with E-state index in [2.05, 4.69) is 159 Å². The average Bonchev–Trinajstić information content (AvgIpc) is 3.09.